The molecule has 0 radical (unpaired) electrons. The van der Waals surface area contributed by atoms with Gasteiger partial charge in [0.25, 0.3) is 0 Å². The fourth-order valence-corrected chi connectivity index (χ4v) is 1.11. The molecule has 0 spiro atoms. The van der Waals surface area contributed by atoms with E-state index in [0.717, 1.165) is 6.42 Å². The Labute approximate surface area is 79.1 Å². The van der Waals surface area contributed by atoms with Gasteiger partial charge in [0.05, 0.1) is 5.35 Å². The van der Waals surface area contributed by atoms with Crippen molar-refractivity contribution in [1.29, 1.82) is 0 Å². The van der Waals surface area contributed by atoms with Gasteiger partial charge in [-0.15, -0.1) is 0 Å². The van der Waals surface area contributed by atoms with E-state index in [0.29, 0.717) is 6.42 Å². The predicted octanol–water partition coefficient (Wildman–Crippen LogP) is 1.42. The summed E-state index contributed by atoms with van der Waals surface area (Å²) < 4.78 is 37.1. The molecule has 0 bridgehead atoms. The summed E-state index contributed by atoms with van der Waals surface area (Å²) in [5.41, 5.74) is -0.879. The van der Waals surface area contributed by atoms with Gasteiger partial charge < -0.3 is 0 Å². The second-order valence-corrected chi connectivity index (χ2v) is 2.96. The zero-order chi connectivity index (χ0) is 10.8. The van der Waals surface area contributed by atoms with Crippen LogP contribution < -0.4 is 10.6 Å². The Kier molecular flexibility index (Phi) is 2.98. The van der Waals surface area contributed by atoms with Crippen molar-refractivity contribution in [3.05, 3.63) is 16.3 Å². The normalized spacial score (nSPS) is 13.6. The molecule has 0 saturated carbocycles. The van der Waals surface area contributed by atoms with Gasteiger partial charge in [0.2, 0.25) is 0 Å². The molecule has 14 heavy (non-hydrogen) atoms. The summed E-state index contributed by atoms with van der Waals surface area (Å²) in [7, 11) is 0. The average Bonchev–Trinajstić information content (AvgIpc) is 2.42. The molecular weight excluding hydrogens is 193 g/mol. The molecule has 0 aromatic carbocycles. The first kappa shape index (κ1) is 10.8. The quantitative estimate of drug-likeness (QED) is 0.775. The summed E-state index contributed by atoms with van der Waals surface area (Å²) in [6.45, 7) is 5.35. The Morgan fingerprint density at radius 3 is 2.64 bits per heavy atom. The van der Waals surface area contributed by atoms with Gasteiger partial charge in [0, 0.05) is 5.22 Å². The number of hydrogen-bond acceptors (Lipinski definition) is 1. The lowest BCUT2D eigenvalue weighted by Crippen LogP contribution is -2.27. The molecule has 2 nitrogen and oxygen atoms in total. The molecule has 0 aliphatic carbocycles. The number of aromatic amines is 1. The van der Waals surface area contributed by atoms with E-state index < -0.39 is 11.9 Å². The number of alkyl halides is 3. The minimum absolute atomic E-state index is 0.0688. The average molecular weight is 204 g/mol. The molecule has 0 amide bonds. The van der Waals surface area contributed by atoms with Crippen LogP contribution in [-0.4, -0.2) is 10.2 Å². The monoisotopic (exact) mass is 204 g/mol. The maximum atomic E-state index is 12.4. The Balaban J connectivity index is 3.27. The summed E-state index contributed by atoms with van der Waals surface area (Å²) in [5.74, 6) is 0. The zero-order valence-electron chi connectivity index (χ0n) is 7.78. The van der Waals surface area contributed by atoms with Crippen LogP contribution in [0.3, 0.4) is 0 Å². The van der Waals surface area contributed by atoms with E-state index in [1.807, 2.05) is 6.92 Å². The number of halogens is 3. The lowest BCUT2D eigenvalue weighted by molar-refractivity contribution is -0.141. The topological polar surface area (TPSA) is 28.7 Å². The first-order chi connectivity index (χ1) is 6.46. The van der Waals surface area contributed by atoms with Crippen molar-refractivity contribution >= 4 is 12.7 Å². The molecule has 5 heteroatoms. The summed E-state index contributed by atoms with van der Waals surface area (Å²) in [6.07, 6.45) is -1.52. The summed E-state index contributed by atoms with van der Waals surface area (Å²) in [6, 6.07) is 0. The Morgan fingerprint density at radius 2 is 2.14 bits per heavy atom. The highest BCUT2D eigenvalue weighted by molar-refractivity contribution is 5.27. The molecule has 1 heterocycles. The van der Waals surface area contributed by atoms with E-state index in [-0.39, 0.29) is 10.6 Å². The van der Waals surface area contributed by atoms with Gasteiger partial charge in [0.1, 0.15) is 0 Å². The molecule has 0 unspecified atom stereocenters. The summed E-state index contributed by atoms with van der Waals surface area (Å²) in [5, 5.41) is 5.72. The molecule has 1 aromatic rings. The number of nitrogens with zero attached hydrogens (tertiary/aromatic N) is 1. The molecule has 0 aliphatic heterocycles. The van der Waals surface area contributed by atoms with Crippen LogP contribution in [0.2, 0.25) is 0 Å². The van der Waals surface area contributed by atoms with E-state index >= 15 is 0 Å². The van der Waals surface area contributed by atoms with Gasteiger partial charge in [-0.2, -0.15) is 18.3 Å². The molecular formula is C9H11F3N2. The molecule has 1 aromatic heterocycles. The largest absolute Gasteiger partial charge is 0.435 e. The van der Waals surface area contributed by atoms with Crippen LogP contribution in [0.25, 0.3) is 12.7 Å². The molecule has 0 fully saturated rings. The van der Waals surface area contributed by atoms with Crippen LogP contribution in [0, 0.1) is 0 Å². The first-order valence-electron chi connectivity index (χ1n) is 4.27. The Morgan fingerprint density at radius 1 is 1.50 bits per heavy atom. The van der Waals surface area contributed by atoms with Gasteiger partial charge in [-0.1, -0.05) is 26.0 Å². The van der Waals surface area contributed by atoms with Crippen molar-refractivity contribution in [2.24, 2.45) is 0 Å². The standard InChI is InChI=1S/C9H11F3N2/c1-3-4-5-7-6(2)13-14-8(7)9(10,11)12/h5,13H,2-4H2,1H3/b7-5+. The van der Waals surface area contributed by atoms with Crippen LogP contribution in [-0.2, 0) is 6.18 Å². The second kappa shape index (κ2) is 3.86. The van der Waals surface area contributed by atoms with Gasteiger partial charge in [-0.3, -0.25) is 5.10 Å². The van der Waals surface area contributed by atoms with E-state index in [9.17, 15) is 13.2 Å². The molecule has 1 N–H and O–H groups in total. The fourth-order valence-electron chi connectivity index (χ4n) is 1.11. The van der Waals surface area contributed by atoms with Crippen molar-refractivity contribution in [3.8, 4) is 0 Å². The van der Waals surface area contributed by atoms with Crippen molar-refractivity contribution in [1.82, 2.24) is 10.2 Å². The first-order valence-corrected chi connectivity index (χ1v) is 4.27. The van der Waals surface area contributed by atoms with E-state index in [1.54, 1.807) is 0 Å². The lowest BCUT2D eigenvalue weighted by Gasteiger charge is -2.00. The fraction of sp³-hybridized carbons (Fsp3) is 0.444. The van der Waals surface area contributed by atoms with Gasteiger partial charge in [-0.05, 0) is 6.42 Å². The second-order valence-electron chi connectivity index (χ2n) is 2.96. The third-order valence-corrected chi connectivity index (χ3v) is 1.79. The van der Waals surface area contributed by atoms with Crippen LogP contribution in [0.4, 0.5) is 13.2 Å². The third kappa shape index (κ3) is 2.16. The maximum absolute atomic E-state index is 12.4. The number of rotatable bonds is 2. The number of nitrogens with one attached hydrogen (secondary N) is 1. The highest BCUT2D eigenvalue weighted by Gasteiger charge is 2.34. The maximum Gasteiger partial charge on any atom is 0.435 e. The number of hydrogen-bond donors (Lipinski definition) is 1. The van der Waals surface area contributed by atoms with Crippen molar-refractivity contribution < 1.29 is 13.2 Å². The number of H-pyrrole nitrogens is 1. The number of aromatic nitrogens is 2. The summed E-state index contributed by atoms with van der Waals surface area (Å²) >= 11 is 0. The molecule has 0 aliphatic rings. The van der Waals surface area contributed by atoms with Crippen LogP contribution in [0.1, 0.15) is 25.5 Å². The zero-order valence-corrected chi connectivity index (χ0v) is 7.78. The smallest absolute Gasteiger partial charge is 0.278 e. The van der Waals surface area contributed by atoms with Crippen LogP contribution in [0.5, 0.6) is 0 Å². The Hall–Kier alpha value is -1.26. The van der Waals surface area contributed by atoms with Crippen LogP contribution in [0.15, 0.2) is 0 Å². The van der Waals surface area contributed by atoms with Crippen molar-refractivity contribution in [2.75, 3.05) is 0 Å². The Bertz CT molecular complexity index is 403. The molecule has 78 valence electrons. The van der Waals surface area contributed by atoms with Crippen molar-refractivity contribution in [3.63, 3.8) is 0 Å². The van der Waals surface area contributed by atoms with Gasteiger partial charge >= 0.3 is 6.18 Å². The SMILES string of the molecule is C=c1[nH]nc(C(F)(F)F)/c1=C/CCC. The molecule has 0 saturated heterocycles. The highest BCUT2D eigenvalue weighted by Crippen LogP contribution is 2.23. The lowest BCUT2D eigenvalue weighted by atomic mass is 10.2. The highest BCUT2D eigenvalue weighted by atomic mass is 19.4. The minimum Gasteiger partial charge on any atom is -0.278 e. The predicted molar refractivity (Wildman–Crippen MR) is 47.7 cm³/mol. The summed E-state index contributed by atoms with van der Waals surface area (Å²) in [4.78, 5) is 0. The third-order valence-electron chi connectivity index (χ3n) is 1.79. The molecule has 1 rings (SSSR count). The van der Waals surface area contributed by atoms with E-state index in [2.05, 4.69) is 16.8 Å². The van der Waals surface area contributed by atoms with Crippen LogP contribution >= 0.6 is 0 Å². The van der Waals surface area contributed by atoms with Crippen molar-refractivity contribution in [2.45, 2.75) is 25.9 Å². The van der Waals surface area contributed by atoms with Gasteiger partial charge in [-0.25, -0.2) is 0 Å². The van der Waals surface area contributed by atoms with Gasteiger partial charge in [0.15, 0.2) is 5.69 Å². The van der Waals surface area contributed by atoms with E-state index in [4.69, 9.17) is 0 Å². The minimum atomic E-state index is -4.41. The molecule has 0 atom stereocenters. The van der Waals surface area contributed by atoms with E-state index in [1.165, 1.54) is 6.08 Å². The number of unbranched alkanes of at least 4 members (excludes halogenated alkanes) is 1.